The quantitative estimate of drug-likeness (QED) is 0.572. The first-order valence-electron chi connectivity index (χ1n) is 9.80. The highest BCUT2D eigenvalue weighted by molar-refractivity contribution is 6.02. The molecule has 1 aromatic heterocycles. The number of benzene rings is 2. The first-order chi connectivity index (χ1) is 14.4. The number of nitrogens with zero attached hydrogens (tertiary/aromatic N) is 1. The Labute approximate surface area is 175 Å². The zero-order valence-corrected chi connectivity index (χ0v) is 17.2. The molecule has 0 fully saturated rings. The van der Waals surface area contributed by atoms with Gasteiger partial charge in [-0.2, -0.15) is 0 Å². The second kappa shape index (κ2) is 9.39. The number of hydrogen-bond donors (Lipinski definition) is 1. The van der Waals surface area contributed by atoms with Gasteiger partial charge in [0.15, 0.2) is 0 Å². The minimum absolute atomic E-state index is 0.145. The summed E-state index contributed by atoms with van der Waals surface area (Å²) in [6.45, 7) is 2.43. The predicted octanol–water partition coefficient (Wildman–Crippen LogP) is 4.05. The van der Waals surface area contributed by atoms with Gasteiger partial charge in [0, 0.05) is 23.5 Å². The van der Waals surface area contributed by atoms with Gasteiger partial charge in [-0.25, -0.2) is 4.39 Å². The smallest absolute Gasteiger partial charge is 0.305 e. The van der Waals surface area contributed by atoms with Crippen molar-refractivity contribution in [2.75, 3.05) is 7.11 Å². The van der Waals surface area contributed by atoms with Gasteiger partial charge >= 0.3 is 5.97 Å². The molecule has 3 rings (SSSR count). The summed E-state index contributed by atoms with van der Waals surface area (Å²) < 4.78 is 20.8. The van der Waals surface area contributed by atoms with Crippen LogP contribution >= 0.6 is 0 Å². The Morgan fingerprint density at radius 2 is 1.80 bits per heavy atom. The molecule has 0 radical (unpaired) electrons. The van der Waals surface area contributed by atoms with Crippen molar-refractivity contribution < 1.29 is 18.7 Å². The van der Waals surface area contributed by atoms with Crippen LogP contribution in [0.2, 0.25) is 0 Å². The number of primary amides is 1. The highest BCUT2D eigenvalue weighted by Crippen LogP contribution is 2.34. The maximum Gasteiger partial charge on any atom is 0.305 e. The Hall–Kier alpha value is -3.41. The molecule has 0 unspecified atom stereocenters. The second-order valence-electron chi connectivity index (χ2n) is 7.12. The Morgan fingerprint density at radius 1 is 1.07 bits per heavy atom. The Bertz CT molecular complexity index is 1060. The van der Waals surface area contributed by atoms with Crippen molar-refractivity contribution in [3.05, 3.63) is 82.9 Å². The largest absolute Gasteiger partial charge is 0.469 e. The van der Waals surface area contributed by atoms with Gasteiger partial charge in [0.2, 0.25) is 0 Å². The molecule has 1 heterocycles. The number of ether oxygens (including phenoxy) is 1. The van der Waals surface area contributed by atoms with Crippen LogP contribution in [0.1, 0.15) is 33.7 Å². The van der Waals surface area contributed by atoms with E-state index in [2.05, 4.69) is 0 Å². The molecular weight excluding hydrogens is 383 g/mol. The summed E-state index contributed by atoms with van der Waals surface area (Å²) in [5.74, 6) is -1.34. The van der Waals surface area contributed by atoms with E-state index in [4.69, 9.17) is 10.5 Å². The van der Waals surface area contributed by atoms with Crippen molar-refractivity contribution in [3.8, 4) is 11.1 Å². The standard InChI is InChI=1S/C24H25FN2O3/c1-16-22(24(26)29)23(18-9-6-10-19(25)15-18)20(11-12-21(28)30-2)27(16)14-13-17-7-4-3-5-8-17/h3-10,15H,11-14H2,1-2H3,(H2,26,29). The number of carbonyl (C=O) groups excluding carboxylic acids is 2. The van der Waals surface area contributed by atoms with Gasteiger partial charge in [-0.15, -0.1) is 0 Å². The fourth-order valence-electron chi connectivity index (χ4n) is 3.82. The first kappa shape index (κ1) is 21.3. The van der Waals surface area contributed by atoms with Crippen LogP contribution in [-0.4, -0.2) is 23.6 Å². The summed E-state index contributed by atoms with van der Waals surface area (Å²) in [5, 5.41) is 0. The van der Waals surface area contributed by atoms with E-state index < -0.39 is 11.7 Å². The lowest BCUT2D eigenvalue weighted by molar-refractivity contribution is -0.140. The molecule has 0 bridgehead atoms. The van der Waals surface area contributed by atoms with Crippen LogP contribution in [0.3, 0.4) is 0 Å². The molecule has 3 aromatic rings. The van der Waals surface area contributed by atoms with E-state index in [1.165, 1.54) is 19.2 Å². The van der Waals surface area contributed by atoms with E-state index in [9.17, 15) is 14.0 Å². The molecule has 0 saturated carbocycles. The van der Waals surface area contributed by atoms with E-state index in [-0.39, 0.29) is 12.4 Å². The zero-order chi connectivity index (χ0) is 21.7. The van der Waals surface area contributed by atoms with Gasteiger partial charge in [-0.1, -0.05) is 42.5 Å². The summed E-state index contributed by atoms with van der Waals surface area (Å²) in [6, 6.07) is 16.0. The SMILES string of the molecule is COC(=O)CCc1c(-c2cccc(F)c2)c(C(N)=O)c(C)n1CCc1ccccc1. The van der Waals surface area contributed by atoms with Crippen LogP contribution in [0, 0.1) is 12.7 Å². The summed E-state index contributed by atoms with van der Waals surface area (Å²) in [7, 11) is 1.34. The lowest BCUT2D eigenvalue weighted by Crippen LogP contribution is -2.14. The van der Waals surface area contributed by atoms with Crippen molar-refractivity contribution in [1.82, 2.24) is 4.57 Å². The molecule has 156 valence electrons. The number of halogens is 1. The molecule has 2 N–H and O–H groups in total. The van der Waals surface area contributed by atoms with Crippen LogP contribution in [0.25, 0.3) is 11.1 Å². The second-order valence-corrected chi connectivity index (χ2v) is 7.12. The average molecular weight is 408 g/mol. The Kier molecular flexibility index (Phi) is 6.67. The first-order valence-corrected chi connectivity index (χ1v) is 9.80. The van der Waals surface area contributed by atoms with Gasteiger partial charge in [0.05, 0.1) is 19.1 Å². The number of amides is 1. The lowest BCUT2D eigenvalue weighted by Gasteiger charge is -2.13. The van der Waals surface area contributed by atoms with Crippen LogP contribution < -0.4 is 5.73 Å². The summed E-state index contributed by atoms with van der Waals surface area (Å²) in [5.41, 5.74) is 9.85. The number of methoxy groups -OCH3 is 1. The van der Waals surface area contributed by atoms with Crippen LogP contribution in [0.15, 0.2) is 54.6 Å². The fraction of sp³-hybridized carbons (Fsp3) is 0.250. The monoisotopic (exact) mass is 408 g/mol. The fourth-order valence-corrected chi connectivity index (χ4v) is 3.82. The highest BCUT2D eigenvalue weighted by atomic mass is 19.1. The van der Waals surface area contributed by atoms with Crippen LogP contribution in [0.5, 0.6) is 0 Å². The van der Waals surface area contributed by atoms with Crippen molar-refractivity contribution in [3.63, 3.8) is 0 Å². The third kappa shape index (κ3) is 4.59. The molecule has 0 spiro atoms. The molecule has 2 aromatic carbocycles. The maximum atomic E-state index is 14.0. The minimum atomic E-state index is -0.579. The molecule has 0 aliphatic rings. The number of hydrogen-bond acceptors (Lipinski definition) is 3. The molecule has 0 saturated heterocycles. The third-order valence-electron chi connectivity index (χ3n) is 5.25. The number of carbonyl (C=O) groups is 2. The molecular formula is C24H25FN2O3. The van der Waals surface area contributed by atoms with Gasteiger partial charge in [-0.3, -0.25) is 9.59 Å². The van der Waals surface area contributed by atoms with Crippen molar-refractivity contribution in [2.45, 2.75) is 32.7 Å². The van der Waals surface area contributed by atoms with Gasteiger partial charge in [0.1, 0.15) is 5.82 Å². The highest BCUT2D eigenvalue weighted by Gasteiger charge is 2.25. The molecule has 6 heteroatoms. The van der Waals surface area contributed by atoms with Crippen molar-refractivity contribution >= 4 is 11.9 Å². The molecule has 0 aliphatic heterocycles. The number of rotatable bonds is 8. The zero-order valence-electron chi connectivity index (χ0n) is 17.2. The van der Waals surface area contributed by atoms with E-state index in [0.717, 1.165) is 17.7 Å². The molecule has 30 heavy (non-hydrogen) atoms. The average Bonchev–Trinajstić information content (AvgIpc) is 3.02. The normalized spacial score (nSPS) is 10.8. The number of nitrogens with two attached hydrogens (primary N) is 1. The van der Waals surface area contributed by atoms with E-state index in [1.54, 1.807) is 12.1 Å². The molecule has 5 nitrogen and oxygen atoms in total. The van der Waals surface area contributed by atoms with Crippen LogP contribution in [-0.2, 0) is 28.9 Å². The van der Waals surface area contributed by atoms with Gasteiger partial charge in [0.25, 0.3) is 5.91 Å². The van der Waals surface area contributed by atoms with Crippen LogP contribution in [0.4, 0.5) is 4.39 Å². The van der Waals surface area contributed by atoms with Crippen molar-refractivity contribution in [1.29, 1.82) is 0 Å². The summed E-state index contributed by atoms with van der Waals surface area (Å²) in [4.78, 5) is 24.2. The number of aryl methyl sites for hydroxylation is 1. The van der Waals surface area contributed by atoms with Gasteiger partial charge < -0.3 is 15.0 Å². The number of aromatic nitrogens is 1. The third-order valence-corrected chi connectivity index (χ3v) is 5.25. The van der Waals surface area contributed by atoms with E-state index in [1.807, 2.05) is 41.8 Å². The van der Waals surface area contributed by atoms with Crippen molar-refractivity contribution in [2.24, 2.45) is 5.73 Å². The maximum absolute atomic E-state index is 14.0. The van der Waals surface area contributed by atoms with E-state index >= 15 is 0 Å². The predicted molar refractivity (Wildman–Crippen MR) is 114 cm³/mol. The minimum Gasteiger partial charge on any atom is -0.469 e. The topological polar surface area (TPSA) is 74.3 Å². The Balaban J connectivity index is 2.12. The molecule has 1 amide bonds. The molecule has 0 aliphatic carbocycles. The summed E-state index contributed by atoms with van der Waals surface area (Å²) in [6.07, 6.45) is 1.23. The molecule has 0 atom stereocenters. The lowest BCUT2D eigenvalue weighted by atomic mass is 9.98. The van der Waals surface area contributed by atoms with E-state index in [0.29, 0.717) is 35.3 Å². The van der Waals surface area contributed by atoms with Gasteiger partial charge in [-0.05, 0) is 43.0 Å². The summed E-state index contributed by atoms with van der Waals surface area (Å²) >= 11 is 0. The number of esters is 1. The Morgan fingerprint density at radius 3 is 2.43 bits per heavy atom.